The molecule has 2 heterocycles. The minimum atomic E-state index is -0.475. The molecular formula is C22H21N5O5S. The Labute approximate surface area is 192 Å². The topological polar surface area (TPSA) is 124 Å². The van der Waals surface area contributed by atoms with Crippen molar-refractivity contribution in [3.8, 4) is 11.3 Å². The molecule has 0 N–H and O–H groups in total. The Morgan fingerprint density at radius 2 is 1.85 bits per heavy atom. The summed E-state index contributed by atoms with van der Waals surface area (Å²) in [4.78, 5) is 40.6. The molecule has 1 aliphatic rings. The van der Waals surface area contributed by atoms with E-state index in [-0.39, 0.29) is 23.0 Å². The lowest BCUT2D eigenvalue weighted by Crippen LogP contribution is -2.27. The summed E-state index contributed by atoms with van der Waals surface area (Å²) in [5.74, 6) is 0.147. The number of benzene rings is 2. The number of non-ortho nitro benzene ring substituents is 1. The van der Waals surface area contributed by atoms with Gasteiger partial charge in [-0.15, -0.1) is 11.3 Å². The van der Waals surface area contributed by atoms with Crippen LogP contribution in [0.5, 0.6) is 0 Å². The lowest BCUT2D eigenvalue weighted by atomic mass is 10.1. The highest BCUT2D eigenvalue weighted by atomic mass is 32.1. The van der Waals surface area contributed by atoms with E-state index in [0.717, 1.165) is 18.7 Å². The van der Waals surface area contributed by atoms with Gasteiger partial charge in [0.25, 0.3) is 11.4 Å². The average Bonchev–Trinajstić information content (AvgIpc) is 3.40. The molecule has 0 atom stereocenters. The molecule has 10 nitrogen and oxygen atoms in total. The molecule has 1 aliphatic heterocycles. The third kappa shape index (κ3) is 4.98. The van der Waals surface area contributed by atoms with E-state index in [4.69, 9.17) is 0 Å². The molecule has 33 heavy (non-hydrogen) atoms. The molecule has 11 heteroatoms. The summed E-state index contributed by atoms with van der Waals surface area (Å²) in [6, 6.07) is 12.6. The summed E-state index contributed by atoms with van der Waals surface area (Å²) in [6.07, 6.45) is 2.10. The Kier molecular flexibility index (Phi) is 6.59. The van der Waals surface area contributed by atoms with E-state index in [1.807, 2.05) is 14.8 Å². The van der Waals surface area contributed by atoms with E-state index < -0.39 is 9.85 Å². The second-order valence-electron chi connectivity index (χ2n) is 7.56. The van der Waals surface area contributed by atoms with Crippen LogP contribution in [0.4, 0.5) is 17.1 Å². The molecule has 0 radical (unpaired) electrons. The van der Waals surface area contributed by atoms with Crippen LogP contribution >= 0.6 is 11.3 Å². The van der Waals surface area contributed by atoms with Crippen LogP contribution in [-0.4, -0.2) is 38.3 Å². The largest absolute Gasteiger partial charge is 0.343 e. The number of carbonyl (C=O) groups excluding carboxylic acids is 1. The maximum absolute atomic E-state index is 11.9. The maximum atomic E-state index is 11.9. The van der Waals surface area contributed by atoms with Crippen molar-refractivity contribution in [2.24, 2.45) is 4.99 Å². The van der Waals surface area contributed by atoms with E-state index in [1.165, 1.54) is 29.5 Å². The van der Waals surface area contributed by atoms with Crippen LogP contribution in [0.15, 0.2) is 58.9 Å². The average molecular weight is 468 g/mol. The number of thiazole rings is 1. The maximum Gasteiger partial charge on any atom is 0.294 e. The van der Waals surface area contributed by atoms with Crippen molar-refractivity contribution in [3.05, 3.63) is 78.9 Å². The van der Waals surface area contributed by atoms with E-state index in [9.17, 15) is 25.0 Å². The third-order valence-corrected chi connectivity index (χ3v) is 6.29. The number of aromatic nitrogens is 1. The van der Waals surface area contributed by atoms with Gasteiger partial charge in [-0.25, -0.2) is 4.99 Å². The molecule has 4 rings (SSSR count). The first kappa shape index (κ1) is 22.3. The SMILES string of the molecule is O=C1CCCN1CCCn1c(-c2cccc([N+](=O)[O-])c2)csc1=Nc1ccccc1[N+](=O)[O-]. The second-order valence-corrected chi connectivity index (χ2v) is 8.39. The summed E-state index contributed by atoms with van der Waals surface area (Å²) < 4.78 is 1.90. The number of nitro benzene ring substituents is 2. The predicted molar refractivity (Wildman–Crippen MR) is 123 cm³/mol. The molecule has 1 aromatic heterocycles. The summed E-state index contributed by atoms with van der Waals surface area (Å²) in [7, 11) is 0. The van der Waals surface area contributed by atoms with Gasteiger partial charge in [-0.2, -0.15) is 0 Å². The number of likely N-dealkylation sites (tertiary alicyclic amines) is 1. The Morgan fingerprint density at radius 3 is 2.58 bits per heavy atom. The molecule has 0 saturated carbocycles. The van der Waals surface area contributed by atoms with E-state index in [1.54, 1.807) is 30.3 Å². The normalized spacial score (nSPS) is 14.1. The summed E-state index contributed by atoms with van der Waals surface area (Å²) in [5, 5.41) is 24.5. The van der Waals surface area contributed by atoms with Gasteiger partial charge in [0.2, 0.25) is 5.91 Å². The fraction of sp³-hybridized carbons (Fsp3) is 0.273. The Balaban J connectivity index is 1.74. The molecule has 0 unspecified atom stereocenters. The van der Waals surface area contributed by atoms with Gasteiger partial charge < -0.3 is 9.47 Å². The second kappa shape index (κ2) is 9.74. The molecule has 1 fully saturated rings. The number of amides is 1. The van der Waals surface area contributed by atoms with E-state index in [2.05, 4.69) is 4.99 Å². The minimum Gasteiger partial charge on any atom is -0.343 e. The highest BCUT2D eigenvalue weighted by molar-refractivity contribution is 7.07. The molecule has 0 aliphatic carbocycles. The molecular weight excluding hydrogens is 446 g/mol. The molecule has 170 valence electrons. The van der Waals surface area contributed by atoms with Crippen LogP contribution in [0.3, 0.4) is 0 Å². The highest BCUT2D eigenvalue weighted by Gasteiger charge is 2.20. The number of hydrogen-bond donors (Lipinski definition) is 0. The van der Waals surface area contributed by atoms with Gasteiger partial charge in [0.1, 0.15) is 5.69 Å². The third-order valence-electron chi connectivity index (χ3n) is 5.43. The first-order valence-electron chi connectivity index (χ1n) is 10.4. The smallest absolute Gasteiger partial charge is 0.294 e. The van der Waals surface area contributed by atoms with Gasteiger partial charge in [-0.3, -0.25) is 25.0 Å². The van der Waals surface area contributed by atoms with Gasteiger partial charge in [-0.05, 0) is 18.9 Å². The quantitative estimate of drug-likeness (QED) is 0.361. The summed E-state index contributed by atoms with van der Waals surface area (Å²) >= 11 is 1.31. The number of hydrogen-bond acceptors (Lipinski definition) is 7. The number of nitro groups is 2. The number of carbonyl (C=O) groups is 1. The zero-order valence-electron chi connectivity index (χ0n) is 17.6. The van der Waals surface area contributed by atoms with Gasteiger partial charge in [-0.1, -0.05) is 24.3 Å². The standard InChI is InChI=1S/C22H21N5O5S/c28-21-10-4-11-24(21)12-5-13-25-20(16-6-3-7-17(14-16)26(29)30)15-33-22(25)23-18-8-1-2-9-19(18)27(31)32/h1-3,6-9,14-15H,4-5,10-13H2. The predicted octanol–water partition coefficient (Wildman–Crippen LogP) is 4.28. The molecule has 0 bridgehead atoms. The molecule has 2 aromatic carbocycles. The van der Waals surface area contributed by atoms with Crippen LogP contribution < -0.4 is 4.80 Å². The first-order valence-corrected chi connectivity index (χ1v) is 11.3. The van der Waals surface area contributed by atoms with Crippen molar-refractivity contribution in [1.82, 2.24) is 9.47 Å². The van der Waals surface area contributed by atoms with Crippen molar-refractivity contribution in [2.45, 2.75) is 25.8 Å². The molecule has 1 saturated heterocycles. The fourth-order valence-corrected chi connectivity index (χ4v) is 4.77. The monoisotopic (exact) mass is 467 g/mol. The number of rotatable bonds is 8. The lowest BCUT2D eigenvalue weighted by Gasteiger charge is -2.16. The molecule has 1 amide bonds. The van der Waals surface area contributed by atoms with Gasteiger partial charge in [0.15, 0.2) is 4.80 Å². The van der Waals surface area contributed by atoms with Crippen LogP contribution in [-0.2, 0) is 11.3 Å². The van der Waals surface area contributed by atoms with Gasteiger partial charge in [0, 0.05) is 55.2 Å². The van der Waals surface area contributed by atoms with E-state index in [0.29, 0.717) is 36.3 Å². The summed E-state index contributed by atoms with van der Waals surface area (Å²) in [5.41, 5.74) is 1.50. The van der Waals surface area contributed by atoms with Gasteiger partial charge >= 0.3 is 0 Å². The molecule has 3 aromatic rings. The van der Waals surface area contributed by atoms with Crippen LogP contribution in [0, 0.1) is 20.2 Å². The van der Waals surface area contributed by atoms with Crippen LogP contribution in [0.2, 0.25) is 0 Å². The van der Waals surface area contributed by atoms with Crippen molar-refractivity contribution in [2.75, 3.05) is 13.1 Å². The van der Waals surface area contributed by atoms with Crippen molar-refractivity contribution in [3.63, 3.8) is 0 Å². The first-order chi connectivity index (χ1) is 15.9. The number of para-hydroxylation sites is 2. The Morgan fingerprint density at radius 1 is 1.03 bits per heavy atom. The minimum absolute atomic E-state index is 0.0231. The number of nitrogens with zero attached hydrogens (tertiary/aromatic N) is 5. The highest BCUT2D eigenvalue weighted by Crippen LogP contribution is 2.28. The van der Waals surface area contributed by atoms with Gasteiger partial charge in [0.05, 0.1) is 15.5 Å². The van der Waals surface area contributed by atoms with Crippen LogP contribution in [0.25, 0.3) is 11.3 Å². The zero-order valence-corrected chi connectivity index (χ0v) is 18.4. The Hall–Kier alpha value is -3.86. The molecule has 0 spiro atoms. The lowest BCUT2D eigenvalue weighted by molar-refractivity contribution is -0.384. The van der Waals surface area contributed by atoms with Crippen LogP contribution in [0.1, 0.15) is 19.3 Å². The van der Waals surface area contributed by atoms with Crippen molar-refractivity contribution < 1.29 is 14.6 Å². The van der Waals surface area contributed by atoms with Crippen molar-refractivity contribution in [1.29, 1.82) is 0 Å². The fourth-order valence-electron chi connectivity index (χ4n) is 3.82. The summed E-state index contributed by atoms with van der Waals surface area (Å²) in [6.45, 7) is 1.85. The van der Waals surface area contributed by atoms with E-state index >= 15 is 0 Å². The zero-order chi connectivity index (χ0) is 23.4. The van der Waals surface area contributed by atoms with Crippen molar-refractivity contribution >= 4 is 34.3 Å². The Bertz CT molecular complexity index is 1280.